The zero-order valence-electron chi connectivity index (χ0n) is 16.3. The molecule has 28 heavy (non-hydrogen) atoms. The highest BCUT2D eigenvalue weighted by Crippen LogP contribution is 2.33. The number of hydrogen-bond acceptors (Lipinski definition) is 6. The van der Waals surface area contributed by atoms with Crippen molar-refractivity contribution in [2.75, 3.05) is 32.1 Å². The van der Waals surface area contributed by atoms with Gasteiger partial charge >= 0.3 is 5.97 Å². The lowest BCUT2D eigenvalue weighted by Gasteiger charge is -2.35. The first kappa shape index (κ1) is 19.5. The lowest BCUT2D eigenvalue weighted by Crippen LogP contribution is -2.49. The number of carbonyl (C=O) groups excluding carboxylic acids is 3. The summed E-state index contributed by atoms with van der Waals surface area (Å²) < 4.78 is 10.6. The van der Waals surface area contributed by atoms with Crippen LogP contribution in [0.4, 0.5) is 5.69 Å². The highest BCUT2D eigenvalue weighted by atomic mass is 16.5. The molecule has 2 heterocycles. The van der Waals surface area contributed by atoms with Crippen LogP contribution in [0.5, 0.6) is 5.75 Å². The number of hydrogen-bond donors (Lipinski definition) is 2. The second-order valence-electron chi connectivity index (χ2n) is 6.61. The number of nitrogens with one attached hydrogen (secondary N) is 2. The third-order valence-electron chi connectivity index (χ3n) is 4.84. The summed E-state index contributed by atoms with van der Waals surface area (Å²) in [6, 6.07) is 7.27. The first-order valence-corrected chi connectivity index (χ1v) is 8.90. The van der Waals surface area contributed by atoms with Gasteiger partial charge in [0.15, 0.2) is 11.9 Å². The molecule has 0 fully saturated rings. The monoisotopic (exact) mass is 385 g/mol. The lowest BCUT2D eigenvalue weighted by atomic mass is 10.1. The Morgan fingerprint density at radius 1 is 1.29 bits per heavy atom. The predicted molar refractivity (Wildman–Crippen MR) is 103 cm³/mol. The Balaban J connectivity index is 1.89. The third-order valence-corrected chi connectivity index (χ3v) is 4.84. The number of anilines is 1. The average molecular weight is 385 g/mol. The van der Waals surface area contributed by atoms with Crippen molar-refractivity contribution >= 4 is 23.3 Å². The Kier molecular flexibility index (Phi) is 5.39. The number of aromatic amines is 1. The van der Waals surface area contributed by atoms with Gasteiger partial charge in [0, 0.05) is 12.7 Å². The summed E-state index contributed by atoms with van der Waals surface area (Å²) in [6.07, 6.45) is -0.718. The number of H-pyrrole nitrogens is 1. The number of ketones is 1. The van der Waals surface area contributed by atoms with Crippen LogP contribution < -0.4 is 15.0 Å². The fourth-order valence-corrected chi connectivity index (χ4v) is 3.44. The van der Waals surface area contributed by atoms with Crippen molar-refractivity contribution in [1.82, 2.24) is 10.3 Å². The Bertz CT molecular complexity index is 934. The molecule has 0 aliphatic carbocycles. The lowest BCUT2D eigenvalue weighted by molar-refractivity contribution is -0.127. The molecule has 1 aliphatic rings. The molecule has 148 valence electrons. The van der Waals surface area contributed by atoms with Crippen LogP contribution in [-0.2, 0) is 9.53 Å². The largest absolute Gasteiger partial charge is 0.477 e. The molecule has 0 radical (unpaired) electrons. The van der Waals surface area contributed by atoms with Gasteiger partial charge in [0.2, 0.25) is 0 Å². The molecule has 8 nitrogen and oxygen atoms in total. The smallest absolute Gasteiger partial charge is 0.339 e. The van der Waals surface area contributed by atoms with Crippen LogP contribution in [0.25, 0.3) is 0 Å². The molecule has 1 aromatic carbocycles. The molecule has 1 aromatic heterocycles. The maximum Gasteiger partial charge on any atom is 0.339 e. The fraction of sp³-hybridized carbons (Fsp3) is 0.350. The molecule has 0 saturated heterocycles. The third kappa shape index (κ3) is 3.45. The summed E-state index contributed by atoms with van der Waals surface area (Å²) in [5, 5.41) is 2.58. The van der Waals surface area contributed by atoms with Crippen LogP contribution in [0.3, 0.4) is 0 Å². The number of para-hydroxylation sites is 2. The van der Waals surface area contributed by atoms with Crippen LogP contribution in [0.15, 0.2) is 24.3 Å². The number of aromatic nitrogens is 1. The van der Waals surface area contributed by atoms with E-state index in [4.69, 9.17) is 9.47 Å². The molecule has 8 heteroatoms. The van der Waals surface area contributed by atoms with E-state index < -0.39 is 12.1 Å². The first-order valence-electron chi connectivity index (χ1n) is 8.90. The van der Waals surface area contributed by atoms with Gasteiger partial charge < -0.3 is 24.7 Å². The molecular formula is C20H23N3O5. The maximum atomic E-state index is 13.0. The standard InChI is InChI=1S/C20H23N3O5/c1-11-17(20(26)27-4)12(2)22-18(11)14(24)9-23-10-16(19(25)21-3)28-15-8-6-5-7-13(15)23/h5-8,16,22H,9-10H2,1-4H3,(H,21,25)/t16-/m1/s1. The van der Waals surface area contributed by atoms with E-state index in [1.54, 1.807) is 27.0 Å². The van der Waals surface area contributed by atoms with Gasteiger partial charge in [-0.15, -0.1) is 0 Å². The molecule has 0 unspecified atom stereocenters. The quantitative estimate of drug-likeness (QED) is 0.599. The van der Waals surface area contributed by atoms with E-state index in [1.165, 1.54) is 7.11 Å². The number of nitrogens with zero attached hydrogens (tertiary/aromatic N) is 1. The number of methoxy groups -OCH3 is 1. The Hall–Kier alpha value is -3.29. The van der Waals surface area contributed by atoms with Crippen molar-refractivity contribution in [2.24, 2.45) is 0 Å². The summed E-state index contributed by atoms with van der Waals surface area (Å²) in [6.45, 7) is 3.71. The van der Waals surface area contributed by atoms with Gasteiger partial charge in [-0.25, -0.2) is 4.79 Å². The Morgan fingerprint density at radius 3 is 2.68 bits per heavy atom. The number of aryl methyl sites for hydroxylation is 1. The average Bonchev–Trinajstić information content (AvgIpc) is 3.00. The molecule has 2 N–H and O–H groups in total. The number of amides is 1. The number of fused-ring (bicyclic) bond motifs is 1. The van der Waals surface area contributed by atoms with E-state index in [9.17, 15) is 14.4 Å². The zero-order valence-corrected chi connectivity index (χ0v) is 16.3. The van der Waals surface area contributed by atoms with E-state index in [0.717, 1.165) is 5.69 Å². The van der Waals surface area contributed by atoms with Crippen LogP contribution in [-0.4, -0.2) is 56.0 Å². The topological polar surface area (TPSA) is 101 Å². The molecule has 3 rings (SSSR count). The summed E-state index contributed by atoms with van der Waals surface area (Å²) in [5.41, 5.74) is 2.61. The van der Waals surface area contributed by atoms with Gasteiger partial charge in [-0.3, -0.25) is 9.59 Å². The van der Waals surface area contributed by atoms with E-state index in [2.05, 4.69) is 10.3 Å². The molecule has 1 amide bonds. The van der Waals surface area contributed by atoms with E-state index in [1.807, 2.05) is 23.1 Å². The fourth-order valence-electron chi connectivity index (χ4n) is 3.44. The van der Waals surface area contributed by atoms with Gasteiger partial charge in [0.25, 0.3) is 5.91 Å². The number of Topliss-reactive ketones (excluding diaryl/α,β-unsaturated/α-hetero) is 1. The predicted octanol–water partition coefficient (Wildman–Crippen LogP) is 1.61. The number of esters is 1. The Labute approximate surface area is 162 Å². The number of ether oxygens (including phenoxy) is 2. The number of carbonyl (C=O) groups is 3. The van der Waals surface area contributed by atoms with Crippen molar-refractivity contribution in [3.63, 3.8) is 0 Å². The van der Waals surface area contributed by atoms with Gasteiger partial charge in [0.1, 0.15) is 5.75 Å². The van der Waals surface area contributed by atoms with Crippen molar-refractivity contribution < 1.29 is 23.9 Å². The Morgan fingerprint density at radius 2 is 2.00 bits per heavy atom. The molecule has 0 saturated carbocycles. The number of benzene rings is 1. The molecule has 2 aromatic rings. The van der Waals surface area contributed by atoms with Crippen molar-refractivity contribution in [2.45, 2.75) is 20.0 Å². The summed E-state index contributed by atoms with van der Waals surface area (Å²) in [7, 11) is 2.85. The number of rotatable bonds is 5. The molecular weight excluding hydrogens is 362 g/mol. The first-order chi connectivity index (χ1) is 13.4. The van der Waals surface area contributed by atoms with Crippen LogP contribution in [0.2, 0.25) is 0 Å². The van der Waals surface area contributed by atoms with Gasteiger partial charge in [-0.05, 0) is 31.5 Å². The second kappa shape index (κ2) is 7.75. The van der Waals surface area contributed by atoms with Gasteiger partial charge in [-0.1, -0.05) is 12.1 Å². The second-order valence-corrected chi connectivity index (χ2v) is 6.61. The summed E-state index contributed by atoms with van der Waals surface area (Å²) >= 11 is 0. The minimum Gasteiger partial charge on any atom is -0.477 e. The highest BCUT2D eigenvalue weighted by Gasteiger charge is 2.32. The minimum absolute atomic E-state index is 0.0370. The SMILES string of the molecule is CNC(=O)[C@H]1CN(CC(=O)c2[nH]c(C)c(C(=O)OC)c2C)c2ccccc2O1. The zero-order chi connectivity index (χ0) is 20.4. The highest BCUT2D eigenvalue weighted by molar-refractivity contribution is 6.03. The summed E-state index contributed by atoms with van der Waals surface area (Å²) in [5.74, 6) is -0.388. The van der Waals surface area contributed by atoms with Crippen LogP contribution in [0.1, 0.15) is 32.1 Å². The summed E-state index contributed by atoms with van der Waals surface area (Å²) in [4.78, 5) is 41.9. The van der Waals surface area contributed by atoms with Crippen molar-refractivity contribution in [1.29, 1.82) is 0 Å². The van der Waals surface area contributed by atoms with E-state index >= 15 is 0 Å². The van der Waals surface area contributed by atoms with Crippen LogP contribution in [0, 0.1) is 13.8 Å². The molecule has 1 aliphatic heterocycles. The van der Waals surface area contributed by atoms with Gasteiger partial charge in [0.05, 0.1) is 37.1 Å². The van der Waals surface area contributed by atoms with E-state index in [0.29, 0.717) is 28.3 Å². The van der Waals surface area contributed by atoms with Crippen molar-refractivity contribution in [3.8, 4) is 5.75 Å². The maximum absolute atomic E-state index is 13.0. The molecule has 1 atom stereocenters. The molecule has 0 bridgehead atoms. The van der Waals surface area contributed by atoms with E-state index in [-0.39, 0.29) is 24.8 Å². The van der Waals surface area contributed by atoms with Crippen LogP contribution >= 0.6 is 0 Å². The van der Waals surface area contributed by atoms with Gasteiger partial charge in [-0.2, -0.15) is 0 Å². The normalized spacial score (nSPS) is 15.4. The van der Waals surface area contributed by atoms with Crippen molar-refractivity contribution in [3.05, 3.63) is 46.8 Å². The molecule has 0 spiro atoms. The minimum atomic E-state index is -0.718. The number of likely N-dealkylation sites (N-methyl/N-ethyl adjacent to an activating group) is 1.